The highest BCUT2D eigenvalue weighted by Crippen LogP contribution is 2.28. The first-order valence-electron chi connectivity index (χ1n) is 9.66. The van der Waals surface area contributed by atoms with Gasteiger partial charge in [0.1, 0.15) is 0 Å². The van der Waals surface area contributed by atoms with E-state index < -0.39 is 6.04 Å². The molecule has 0 unspecified atom stereocenters. The zero-order valence-corrected chi connectivity index (χ0v) is 17.8. The Hall–Kier alpha value is -2.51. The van der Waals surface area contributed by atoms with E-state index in [2.05, 4.69) is 25.7 Å². The molecule has 0 radical (unpaired) electrons. The Bertz CT molecular complexity index is 935. The summed E-state index contributed by atoms with van der Waals surface area (Å²) in [5, 5.41) is 0. The number of benzene rings is 2. The second kappa shape index (κ2) is 8.08. The summed E-state index contributed by atoms with van der Waals surface area (Å²) in [5.41, 5.74) is 2.39. The molecule has 6 nitrogen and oxygen atoms in total. The second-order valence-corrected chi connectivity index (χ2v) is 8.31. The van der Waals surface area contributed by atoms with E-state index in [1.165, 1.54) is 4.90 Å². The van der Waals surface area contributed by atoms with Crippen molar-refractivity contribution in [3.05, 3.63) is 58.6 Å². The minimum absolute atomic E-state index is 0.0566. The van der Waals surface area contributed by atoms with Gasteiger partial charge in [0.25, 0.3) is 5.91 Å². The van der Waals surface area contributed by atoms with Crippen molar-refractivity contribution >= 4 is 44.9 Å². The van der Waals surface area contributed by atoms with Crippen LogP contribution >= 0.6 is 15.9 Å². The number of carbonyl (C=O) groups excluding carboxylic acids is 3. The molecule has 2 amide bonds. The zero-order valence-electron chi connectivity index (χ0n) is 16.2. The third-order valence-electron chi connectivity index (χ3n) is 5.60. The number of rotatable bonds is 4. The fourth-order valence-corrected chi connectivity index (χ4v) is 4.23. The SMILES string of the molecule is CC(=O)c1ccc(N2CCN([C@@H]3CC(=O)N(c4ccc(Br)cc4)C3=O)CC2)cc1. The molecule has 0 spiro atoms. The van der Waals surface area contributed by atoms with Crippen molar-refractivity contribution in [1.29, 1.82) is 0 Å². The zero-order chi connectivity index (χ0) is 20.5. The molecule has 29 heavy (non-hydrogen) atoms. The average Bonchev–Trinajstić information content (AvgIpc) is 3.03. The van der Waals surface area contributed by atoms with Gasteiger partial charge in [0.15, 0.2) is 5.78 Å². The predicted octanol–water partition coefficient (Wildman–Crippen LogP) is 3.11. The number of Topliss-reactive ketones (excluding diaryl/α,β-unsaturated/α-hetero) is 1. The van der Waals surface area contributed by atoms with Gasteiger partial charge in [-0.25, -0.2) is 4.90 Å². The molecule has 2 aromatic carbocycles. The van der Waals surface area contributed by atoms with E-state index in [1.807, 2.05) is 36.4 Å². The van der Waals surface area contributed by atoms with Crippen LogP contribution in [0.15, 0.2) is 53.0 Å². The average molecular weight is 456 g/mol. The maximum Gasteiger partial charge on any atom is 0.251 e. The largest absolute Gasteiger partial charge is 0.369 e. The Balaban J connectivity index is 1.41. The summed E-state index contributed by atoms with van der Waals surface area (Å²) in [6.07, 6.45) is 0.224. The van der Waals surface area contributed by atoms with Gasteiger partial charge < -0.3 is 4.90 Å². The maximum absolute atomic E-state index is 13.0. The lowest BCUT2D eigenvalue weighted by atomic mass is 10.1. The first-order chi connectivity index (χ1) is 13.9. The molecule has 0 aromatic heterocycles. The van der Waals surface area contributed by atoms with Crippen molar-refractivity contribution in [3.63, 3.8) is 0 Å². The summed E-state index contributed by atoms with van der Waals surface area (Å²) >= 11 is 3.38. The highest BCUT2D eigenvalue weighted by atomic mass is 79.9. The molecule has 2 fully saturated rings. The smallest absolute Gasteiger partial charge is 0.251 e. The van der Waals surface area contributed by atoms with E-state index in [4.69, 9.17) is 0 Å². The first-order valence-corrected chi connectivity index (χ1v) is 10.5. The van der Waals surface area contributed by atoms with E-state index in [-0.39, 0.29) is 24.0 Å². The van der Waals surface area contributed by atoms with Gasteiger partial charge in [-0.05, 0) is 55.5 Å². The van der Waals surface area contributed by atoms with Crippen molar-refractivity contribution in [2.75, 3.05) is 36.0 Å². The highest BCUT2D eigenvalue weighted by molar-refractivity contribution is 9.10. The van der Waals surface area contributed by atoms with Gasteiger partial charge in [-0.3, -0.25) is 19.3 Å². The standard InChI is InChI=1S/C22H22BrN3O3/c1-15(27)16-2-6-18(7-3-16)24-10-12-25(13-11-24)20-14-21(28)26(22(20)29)19-8-4-17(23)5-9-19/h2-9,20H,10-14H2,1H3/t20-/m1/s1. The number of ketones is 1. The van der Waals surface area contributed by atoms with Crippen LogP contribution in [-0.4, -0.2) is 54.7 Å². The number of piperazine rings is 1. The van der Waals surface area contributed by atoms with E-state index in [9.17, 15) is 14.4 Å². The van der Waals surface area contributed by atoms with Gasteiger partial charge in [0, 0.05) is 41.9 Å². The molecule has 2 aromatic rings. The van der Waals surface area contributed by atoms with Crippen LogP contribution in [0.2, 0.25) is 0 Å². The Morgan fingerprint density at radius 1 is 0.897 bits per heavy atom. The van der Waals surface area contributed by atoms with Crippen molar-refractivity contribution in [2.45, 2.75) is 19.4 Å². The summed E-state index contributed by atoms with van der Waals surface area (Å²) in [4.78, 5) is 42.6. The number of hydrogen-bond donors (Lipinski definition) is 0. The molecule has 2 aliphatic heterocycles. The number of imide groups is 1. The number of carbonyl (C=O) groups is 3. The molecule has 0 bridgehead atoms. The lowest BCUT2D eigenvalue weighted by Gasteiger charge is -2.38. The molecule has 0 saturated carbocycles. The third kappa shape index (κ3) is 3.97. The topological polar surface area (TPSA) is 60.9 Å². The van der Waals surface area contributed by atoms with Crippen LogP contribution in [0.3, 0.4) is 0 Å². The van der Waals surface area contributed by atoms with Crippen LogP contribution in [0.4, 0.5) is 11.4 Å². The van der Waals surface area contributed by atoms with Gasteiger partial charge in [0.2, 0.25) is 5.91 Å². The van der Waals surface area contributed by atoms with Crippen LogP contribution in [0, 0.1) is 0 Å². The van der Waals surface area contributed by atoms with Crippen molar-refractivity contribution in [3.8, 4) is 0 Å². The number of amides is 2. The molecule has 2 heterocycles. The molecule has 0 aliphatic carbocycles. The number of anilines is 2. The Kier molecular flexibility index (Phi) is 5.52. The van der Waals surface area contributed by atoms with E-state index in [1.54, 1.807) is 19.1 Å². The van der Waals surface area contributed by atoms with Gasteiger partial charge in [-0.2, -0.15) is 0 Å². The van der Waals surface area contributed by atoms with Crippen molar-refractivity contribution in [2.24, 2.45) is 0 Å². The van der Waals surface area contributed by atoms with Gasteiger partial charge in [-0.15, -0.1) is 0 Å². The van der Waals surface area contributed by atoms with Crippen molar-refractivity contribution < 1.29 is 14.4 Å². The van der Waals surface area contributed by atoms with Crippen LogP contribution in [0.5, 0.6) is 0 Å². The van der Waals surface area contributed by atoms with Gasteiger partial charge in [0.05, 0.1) is 18.2 Å². The van der Waals surface area contributed by atoms with Gasteiger partial charge >= 0.3 is 0 Å². The molecular weight excluding hydrogens is 434 g/mol. The van der Waals surface area contributed by atoms with E-state index >= 15 is 0 Å². The summed E-state index contributed by atoms with van der Waals surface area (Å²) < 4.78 is 0.907. The number of hydrogen-bond acceptors (Lipinski definition) is 5. The normalized spacial score (nSPS) is 20.4. The van der Waals surface area contributed by atoms with Crippen LogP contribution in [0.1, 0.15) is 23.7 Å². The summed E-state index contributed by atoms with van der Waals surface area (Å²) in [7, 11) is 0. The molecule has 2 saturated heterocycles. The Labute approximate surface area is 178 Å². The fourth-order valence-electron chi connectivity index (χ4n) is 3.96. The molecule has 4 rings (SSSR count). The Morgan fingerprint density at radius 3 is 2.07 bits per heavy atom. The van der Waals surface area contributed by atoms with E-state index in [0.717, 1.165) is 23.2 Å². The molecule has 2 aliphatic rings. The number of halogens is 1. The fraction of sp³-hybridized carbons (Fsp3) is 0.318. The summed E-state index contributed by atoms with van der Waals surface area (Å²) in [5.74, 6) is -0.234. The molecule has 7 heteroatoms. The minimum atomic E-state index is -0.395. The molecule has 0 N–H and O–H groups in total. The van der Waals surface area contributed by atoms with Crippen molar-refractivity contribution in [1.82, 2.24) is 4.90 Å². The quantitative estimate of drug-likeness (QED) is 0.523. The molecule has 1 atom stereocenters. The summed E-state index contributed by atoms with van der Waals surface area (Å²) in [6, 6.07) is 14.5. The third-order valence-corrected chi connectivity index (χ3v) is 6.13. The molecular formula is C22H22BrN3O3. The Morgan fingerprint density at radius 2 is 1.48 bits per heavy atom. The minimum Gasteiger partial charge on any atom is -0.369 e. The highest BCUT2D eigenvalue weighted by Gasteiger charge is 2.43. The van der Waals surface area contributed by atoms with Crippen LogP contribution in [-0.2, 0) is 9.59 Å². The van der Waals surface area contributed by atoms with Crippen LogP contribution in [0.25, 0.3) is 0 Å². The lowest BCUT2D eigenvalue weighted by molar-refractivity contribution is -0.123. The summed E-state index contributed by atoms with van der Waals surface area (Å²) in [6.45, 7) is 4.54. The first kappa shape index (κ1) is 19.8. The second-order valence-electron chi connectivity index (χ2n) is 7.39. The predicted molar refractivity (Wildman–Crippen MR) is 115 cm³/mol. The number of nitrogens with zero attached hydrogens (tertiary/aromatic N) is 3. The van der Waals surface area contributed by atoms with E-state index in [0.29, 0.717) is 24.3 Å². The maximum atomic E-state index is 13.0. The molecule has 150 valence electrons. The van der Waals surface area contributed by atoms with Gasteiger partial charge in [-0.1, -0.05) is 15.9 Å². The van der Waals surface area contributed by atoms with Crippen LogP contribution < -0.4 is 9.80 Å². The monoisotopic (exact) mass is 455 g/mol. The lowest BCUT2D eigenvalue weighted by Crippen LogP contribution is -2.52.